The van der Waals surface area contributed by atoms with Crippen molar-refractivity contribution in [3.8, 4) is 0 Å². The number of rotatable bonds is 7. The molecule has 0 atom stereocenters. The molecule has 1 aromatic rings. The summed E-state index contributed by atoms with van der Waals surface area (Å²) in [6, 6.07) is 1.97. The van der Waals surface area contributed by atoms with E-state index >= 15 is 0 Å². The van der Waals surface area contributed by atoms with E-state index in [9.17, 15) is 4.79 Å². The van der Waals surface area contributed by atoms with Crippen molar-refractivity contribution in [1.82, 2.24) is 4.90 Å². The molecule has 0 saturated heterocycles. The Balaban J connectivity index is 2.55. The summed E-state index contributed by atoms with van der Waals surface area (Å²) in [6.45, 7) is 1.82. The quantitative estimate of drug-likeness (QED) is 0.837. The topological polar surface area (TPSA) is 49.8 Å². The Morgan fingerprint density at radius 3 is 2.94 bits per heavy atom. The van der Waals surface area contributed by atoms with E-state index in [1.165, 1.54) is 0 Å². The number of hydrogen-bond donors (Lipinski definition) is 1. The minimum absolute atomic E-state index is 0.0354. The summed E-state index contributed by atoms with van der Waals surface area (Å²) in [6.07, 6.45) is 0. The van der Waals surface area contributed by atoms with Crippen molar-refractivity contribution in [2.75, 3.05) is 26.8 Å². The van der Waals surface area contributed by atoms with Crippen molar-refractivity contribution in [2.45, 2.75) is 6.54 Å². The maximum absolute atomic E-state index is 10.7. The first-order valence-corrected chi connectivity index (χ1v) is 6.45. The molecule has 0 spiro atoms. The van der Waals surface area contributed by atoms with Crippen LogP contribution in [0.3, 0.4) is 0 Å². The summed E-state index contributed by atoms with van der Waals surface area (Å²) in [5.41, 5.74) is 0. The molecule has 16 heavy (non-hydrogen) atoms. The van der Waals surface area contributed by atoms with Crippen molar-refractivity contribution in [2.24, 2.45) is 0 Å². The molecule has 0 aliphatic rings. The van der Waals surface area contributed by atoms with Gasteiger partial charge in [0.25, 0.3) is 0 Å². The van der Waals surface area contributed by atoms with Crippen LogP contribution in [0.2, 0.25) is 0 Å². The summed E-state index contributed by atoms with van der Waals surface area (Å²) in [4.78, 5) is 13.7. The first-order valence-electron chi connectivity index (χ1n) is 4.78. The zero-order valence-corrected chi connectivity index (χ0v) is 11.4. The molecule has 6 heteroatoms. The van der Waals surface area contributed by atoms with Gasteiger partial charge in [-0.05, 0) is 27.4 Å². The molecule has 0 bridgehead atoms. The molecule has 0 saturated carbocycles. The normalized spacial score (nSPS) is 10.9. The van der Waals surface area contributed by atoms with Gasteiger partial charge in [0.2, 0.25) is 0 Å². The number of hydrogen-bond acceptors (Lipinski definition) is 4. The van der Waals surface area contributed by atoms with Crippen molar-refractivity contribution in [1.29, 1.82) is 0 Å². The smallest absolute Gasteiger partial charge is 0.317 e. The number of carbonyl (C=O) groups is 1. The van der Waals surface area contributed by atoms with E-state index in [2.05, 4.69) is 15.9 Å². The fourth-order valence-corrected chi connectivity index (χ4v) is 2.79. The van der Waals surface area contributed by atoms with E-state index in [4.69, 9.17) is 9.84 Å². The van der Waals surface area contributed by atoms with Crippen LogP contribution >= 0.6 is 27.3 Å². The first kappa shape index (κ1) is 13.6. The molecular weight excluding hydrogens is 294 g/mol. The number of thiophene rings is 1. The lowest BCUT2D eigenvalue weighted by Gasteiger charge is -2.19. The predicted molar refractivity (Wildman–Crippen MR) is 66.8 cm³/mol. The molecule has 0 aliphatic carbocycles. The van der Waals surface area contributed by atoms with Gasteiger partial charge in [-0.3, -0.25) is 9.69 Å². The fraction of sp³-hybridized carbons (Fsp3) is 0.500. The molecule has 1 rings (SSSR count). The molecule has 0 fully saturated rings. The van der Waals surface area contributed by atoms with Crippen LogP contribution in [0, 0.1) is 0 Å². The number of nitrogens with zero attached hydrogens (tertiary/aromatic N) is 1. The number of halogens is 1. The highest BCUT2D eigenvalue weighted by Gasteiger charge is 2.12. The molecule has 4 nitrogen and oxygen atoms in total. The lowest BCUT2D eigenvalue weighted by atomic mass is 10.4. The average molecular weight is 308 g/mol. The molecule has 0 aromatic carbocycles. The Morgan fingerprint density at radius 2 is 2.44 bits per heavy atom. The molecule has 1 aromatic heterocycles. The number of aliphatic carboxylic acids is 1. The molecule has 0 radical (unpaired) electrons. The van der Waals surface area contributed by atoms with Crippen molar-refractivity contribution >= 4 is 33.2 Å². The van der Waals surface area contributed by atoms with Crippen LogP contribution in [0.4, 0.5) is 0 Å². The zero-order valence-electron chi connectivity index (χ0n) is 8.98. The second kappa shape index (κ2) is 7.01. The van der Waals surface area contributed by atoms with Gasteiger partial charge < -0.3 is 9.84 Å². The van der Waals surface area contributed by atoms with E-state index in [0.717, 1.165) is 9.35 Å². The highest BCUT2D eigenvalue weighted by molar-refractivity contribution is 9.10. The zero-order chi connectivity index (χ0) is 12.0. The van der Waals surface area contributed by atoms with E-state index < -0.39 is 5.97 Å². The summed E-state index contributed by atoms with van der Waals surface area (Å²) in [5, 5.41) is 10.8. The summed E-state index contributed by atoms with van der Waals surface area (Å²) in [5.74, 6) is -0.816. The molecule has 90 valence electrons. The third-order valence-electron chi connectivity index (χ3n) is 2.03. The molecule has 0 amide bonds. The Kier molecular flexibility index (Phi) is 5.97. The van der Waals surface area contributed by atoms with Gasteiger partial charge in [-0.25, -0.2) is 0 Å². The number of carboxylic acid groups (broad SMARTS) is 1. The van der Waals surface area contributed by atoms with Gasteiger partial charge in [0, 0.05) is 29.5 Å². The van der Waals surface area contributed by atoms with Gasteiger partial charge in [-0.15, -0.1) is 11.3 Å². The Morgan fingerprint density at radius 1 is 1.69 bits per heavy atom. The minimum atomic E-state index is -0.816. The highest BCUT2D eigenvalue weighted by Crippen LogP contribution is 2.23. The van der Waals surface area contributed by atoms with Gasteiger partial charge in [0.1, 0.15) is 0 Å². The first-order chi connectivity index (χ1) is 7.63. The van der Waals surface area contributed by atoms with Crippen LogP contribution in [0.15, 0.2) is 15.9 Å². The summed E-state index contributed by atoms with van der Waals surface area (Å²) >= 11 is 5.05. The molecular formula is C10H14BrNO3S. The van der Waals surface area contributed by atoms with Crippen LogP contribution in [-0.2, 0) is 16.1 Å². The molecule has 1 heterocycles. The highest BCUT2D eigenvalue weighted by atomic mass is 79.9. The fourth-order valence-electron chi connectivity index (χ4n) is 1.27. The third-order valence-corrected chi connectivity index (χ3v) is 3.94. The van der Waals surface area contributed by atoms with Crippen molar-refractivity contribution in [3.05, 3.63) is 20.8 Å². The van der Waals surface area contributed by atoms with Crippen molar-refractivity contribution < 1.29 is 14.6 Å². The largest absolute Gasteiger partial charge is 0.480 e. The van der Waals surface area contributed by atoms with E-state index in [0.29, 0.717) is 19.7 Å². The molecule has 0 aliphatic heterocycles. The van der Waals surface area contributed by atoms with Gasteiger partial charge in [0.15, 0.2) is 0 Å². The number of methoxy groups -OCH3 is 1. The lowest BCUT2D eigenvalue weighted by molar-refractivity contribution is -0.138. The van der Waals surface area contributed by atoms with Crippen LogP contribution in [-0.4, -0.2) is 42.8 Å². The number of ether oxygens (including phenoxy) is 1. The standard InChI is InChI=1S/C10H14BrNO3S/c1-15-4-3-12(7-10(13)14)6-9-8(11)2-5-16-9/h2,5H,3-4,6-7H2,1H3,(H,13,14). The predicted octanol–water partition coefficient (Wildman–Crippen LogP) is 2.04. The van der Waals surface area contributed by atoms with Gasteiger partial charge >= 0.3 is 5.97 Å². The lowest BCUT2D eigenvalue weighted by Crippen LogP contribution is -2.32. The molecule has 0 unspecified atom stereocenters. The van der Waals surface area contributed by atoms with Gasteiger partial charge in [-0.1, -0.05) is 0 Å². The Bertz CT molecular complexity index is 343. The van der Waals surface area contributed by atoms with Crippen LogP contribution in [0.1, 0.15) is 4.88 Å². The van der Waals surface area contributed by atoms with Crippen LogP contribution in [0.5, 0.6) is 0 Å². The third kappa shape index (κ3) is 4.61. The van der Waals surface area contributed by atoms with Crippen LogP contribution in [0.25, 0.3) is 0 Å². The van der Waals surface area contributed by atoms with Gasteiger partial charge in [0.05, 0.1) is 13.2 Å². The monoisotopic (exact) mass is 307 g/mol. The van der Waals surface area contributed by atoms with Crippen molar-refractivity contribution in [3.63, 3.8) is 0 Å². The van der Waals surface area contributed by atoms with E-state index in [1.54, 1.807) is 18.4 Å². The van der Waals surface area contributed by atoms with E-state index in [-0.39, 0.29) is 6.54 Å². The van der Waals surface area contributed by atoms with E-state index in [1.807, 2.05) is 16.3 Å². The SMILES string of the molecule is COCCN(CC(=O)O)Cc1sccc1Br. The Labute approximate surface area is 107 Å². The van der Waals surface area contributed by atoms with Gasteiger partial charge in [-0.2, -0.15) is 0 Å². The second-order valence-corrected chi connectivity index (χ2v) is 5.14. The minimum Gasteiger partial charge on any atom is -0.480 e. The van der Waals surface area contributed by atoms with Crippen LogP contribution < -0.4 is 0 Å². The summed E-state index contributed by atoms with van der Waals surface area (Å²) in [7, 11) is 1.61. The maximum atomic E-state index is 10.7. The summed E-state index contributed by atoms with van der Waals surface area (Å²) < 4.78 is 5.99. The number of carboxylic acids is 1. The maximum Gasteiger partial charge on any atom is 0.317 e. The average Bonchev–Trinajstić information content (AvgIpc) is 2.60. The Hall–Kier alpha value is -0.430. The second-order valence-electron chi connectivity index (χ2n) is 3.29. The molecule has 1 N–H and O–H groups in total.